The van der Waals surface area contributed by atoms with E-state index in [2.05, 4.69) is 31.4 Å². The van der Waals surface area contributed by atoms with Crippen molar-refractivity contribution >= 4 is 17.9 Å². The molecule has 38 heavy (non-hydrogen) atoms. The molecule has 2 N–H and O–H groups in total. The minimum atomic E-state index is -0.848. The third-order valence-corrected chi connectivity index (χ3v) is 6.49. The number of carbonyl (C=O) groups is 3. The molecule has 0 aliphatic carbocycles. The Bertz CT molecular complexity index is 907. The summed E-state index contributed by atoms with van der Waals surface area (Å²) in [5, 5.41) is 5.96. The molecule has 0 radical (unpaired) electrons. The highest BCUT2D eigenvalue weighted by molar-refractivity contribution is 5.92. The predicted octanol–water partition coefficient (Wildman–Crippen LogP) is 6.54. The van der Waals surface area contributed by atoms with Crippen molar-refractivity contribution < 1.29 is 19.1 Å². The average molecular weight is 532 g/mol. The average Bonchev–Trinajstić information content (AvgIpc) is 2.77. The number of ether oxygens (including phenoxy) is 1. The maximum Gasteiger partial charge on any atom is 0.408 e. The van der Waals surface area contributed by atoms with Crippen LogP contribution in [0.3, 0.4) is 0 Å². The largest absolute Gasteiger partial charge is 0.444 e. The van der Waals surface area contributed by atoms with Crippen molar-refractivity contribution in [1.82, 2.24) is 15.5 Å². The predicted molar refractivity (Wildman–Crippen MR) is 155 cm³/mol. The van der Waals surface area contributed by atoms with Gasteiger partial charge in [-0.15, -0.1) is 0 Å². The van der Waals surface area contributed by atoms with Gasteiger partial charge in [-0.1, -0.05) is 70.9 Å². The van der Waals surface area contributed by atoms with E-state index in [1.54, 1.807) is 25.7 Å². The summed E-state index contributed by atoms with van der Waals surface area (Å²) in [5.74, 6) is -0.256. The maximum absolute atomic E-state index is 14.4. The topological polar surface area (TPSA) is 87.7 Å². The van der Waals surface area contributed by atoms with Gasteiger partial charge in [0.05, 0.1) is 0 Å². The Morgan fingerprint density at radius 2 is 1.58 bits per heavy atom. The van der Waals surface area contributed by atoms with E-state index in [9.17, 15) is 14.4 Å². The highest BCUT2D eigenvalue weighted by Gasteiger charge is 2.40. The summed E-state index contributed by atoms with van der Waals surface area (Å²) >= 11 is 0. The molecule has 0 spiro atoms. The molecule has 0 aliphatic heterocycles. The van der Waals surface area contributed by atoms with Crippen molar-refractivity contribution in [3.05, 3.63) is 35.4 Å². The summed E-state index contributed by atoms with van der Waals surface area (Å²) in [5.41, 5.74) is 1.07. The molecule has 0 aliphatic rings. The van der Waals surface area contributed by atoms with Gasteiger partial charge in [0.25, 0.3) is 0 Å². The van der Waals surface area contributed by atoms with E-state index in [1.807, 2.05) is 58.9 Å². The second-order valence-electron chi connectivity index (χ2n) is 12.4. The molecule has 216 valence electrons. The van der Waals surface area contributed by atoms with Gasteiger partial charge in [-0.3, -0.25) is 9.59 Å². The lowest BCUT2D eigenvalue weighted by Gasteiger charge is -2.40. The molecule has 1 aromatic rings. The fraction of sp³-hybridized carbons (Fsp3) is 0.710. The Morgan fingerprint density at radius 3 is 2.08 bits per heavy atom. The lowest BCUT2D eigenvalue weighted by molar-refractivity contribution is -0.146. The number of hydrogen-bond acceptors (Lipinski definition) is 4. The summed E-state index contributed by atoms with van der Waals surface area (Å²) in [7, 11) is 0. The van der Waals surface area contributed by atoms with Crippen LogP contribution < -0.4 is 10.6 Å². The van der Waals surface area contributed by atoms with Gasteiger partial charge in [0.2, 0.25) is 11.8 Å². The highest BCUT2D eigenvalue weighted by Crippen LogP contribution is 2.29. The van der Waals surface area contributed by atoms with Crippen LogP contribution in [0, 0.1) is 18.8 Å². The lowest BCUT2D eigenvalue weighted by atomic mass is 9.94. The summed E-state index contributed by atoms with van der Waals surface area (Å²) in [6, 6.07) is 5.84. The lowest BCUT2D eigenvalue weighted by Crippen LogP contribution is -2.57. The van der Waals surface area contributed by atoms with Crippen molar-refractivity contribution in [2.45, 2.75) is 132 Å². The number of aryl methyl sites for hydroxylation is 1. The first kappa shape index (κ1) is 33.5. The monoisotopic (exact) mass is 531 g/mol. The van der Waals surface area contributed by atoms with Crippen LogP contribution in [0.15, 0.2) is 24.3 Å². The van der Waals surface area contributed by atoms with Gasteiger partial charge < -0.3 is 20.3 Å². The smallest absolute Gasteiger partial charge is 0.408 e. The van der Waals surface area contributed by atoms with Gasteiger partial charge in [0.1, 0.15) is 17.7 Å². The molecule has 0 bridgehead atoms. The van der Waals surface area contributed by atoms with Gasteiger partial charge in [-0.05, 0) is 78.2 Å². The van der Waals surface area contributed by atoms with Crippen LogP contribution >= 0.6 is 0 Å². The number of nitrogens with one attached hydrogen (secondary N) is 2. The van der Waals surface area contributed by atoms with Gasteiger partial charge in [0.15, 0.2) is 0 Å². The third kappa shape index (κ3) is 11.0. The Labute approximate surface area is 231 Å². The quantitative estimate of drug-likeness (QED) is 0.302. The third-order valence-electron chi connectivity index (χ3n) is 6.49. The van der Waals surface area contributed by atoms with E-state index in [0.29, 0.717) is 5.92 Å². The molecule has 0 saturated heterocycles. The first-order chi connectivity index (χ1) is 17.6. The van der Waals surface area contributed by atoms with Gasteiger partial charge in [-0.25, -0.2) is 4.79 Å². The highest BCUT2D eigenvalue weighted by atomic mass is 16.6. The molecule has 4 unspecified atom stereocenters. The Kier molecular flexibility index (Phi) is 13.3. The van der Waals surface area contributed by atoms with E-state index in [1.165, 1.54) is 0 Å². The first-order valence-corrected chi connectivity index (χ1v) is 14.3. The number of nitrogens with zero attached hydrogens (tertiary/aromatic N) is 1. The second kappa shape index (κ2) is 15.1. The molecule has 3 amide bonds. The fourth-order valence-corrected chi connectivity index (χ4v) is 4.53. The summed E-state index contributed by atoms with van der Waals surface area (Å²) < 4.78 is 5.48. The van der Waals surface area contributed by atoms with Crippen molar-refractivity contribution in [2.75, 3.05) is 0 Å². The molecule has 7 nitrogen and oxygen atoms in total. The Morgan fingerprint density at radius 1 is 0.947 bits per heavy atom. The van der Waals surface area contributed by atoms with E-state index in [4.69, 9.17) is 4.74 Å². The standard InChI is InChI=1S/C31H53N3O4/c1-12-14-23(7)32-28(35)27(25-16-13-15-22(6)19-25)34(24(8)18-17-20(2)3)29(36)26(21(4)5)33-30(37)38-31(9,10)11/h13,15-16,19-21,23-24,26-27H,12,14,17-18H2,1-11H3,(H,32,35)(H,33,37). The van der Waals surface area contributed by atoms with Crippen molar-refractivity contribution in [1.29, 1.82) is 0 Å². The maximum atomic E-state index is 14.4. The molecular weight excluding hydrogens is 478 g/mol. The van der Waals surface area contributed by atoms with Crippen LogP contribution in [-0.2, 0) is 14.3 Å². The molecule has 0 aromatic heterocycles. The van der Waals surface area contributed by atoms with E-state index >= 15 is 0 Å². The van der Waals surface area contributed by atoms with E-state index < -0.39 is 23.8 Å². The zero-order valence-corrected chi connectivity index (χ0v) is 25.7. The number of benzene rings is 1. The number of alkyl carbamates (subject to hydrolysis) is 1. The molecular formula is C31H53N3O4. The summed E-state index contributed by atoms with van der Waals surface area (Å²) in [6.45, 7) is 21.5. The number of hydrogen-bond donors (Lipinski definition) is 2. The Hall–Kier alpha value is -2.57. The van der Waals surface area contributed by atoms with Crippen LogP contribution in [0.1, 0.15) is 112 Å². The normalized spacial score (nSPS) is 15.0. The van der Waals surface area contributed by atoms with Crippen molar-refractivity contribution in [3.8, 4) is 0 Å². The first-order valence-electron chi connectivity index (χ1n) is 14.3. The molecule has 0 fully saturated rings. The van der Waals surface area contributed by atoms with Gasteiger partial charge >= 0.3 is 6.09 Å². The van der Waals surface area contributed by atoms with Gasteiger partial charge in [0, 0.05) is 12.1 Å². The van der Waals surface area contributed by atoms with Crippen LogP contribution in [0.5, 0.6) is 0 Å². The summed E-state index contributed by atoms with van der Waals surface area (Å²) in [6.07, 6.45) is 2.79. The summed E-state index contributed by atoms with van der Waals surface area (Å²) in [4.78, 5) is 42.7. The molecule has 4 atom stereocenters. The van der Waals surface area contributed by atoms with Crippen LogP contribution in [0.25, 0.3) is 0 Å². The minimum absolute atomic E-state index is 0.0245. The molecule has 7 heteroatoms. The van der Waals surface area contributed by atoms with Crippen LogP contribution in [-0.4, -0.2) is 46.5 Å². The second-order valence-corrected chi connectivity index (χ2v) is 12.4. The molecule has 0 heterocycles. The number of carbonyl (C=O) groups excluding carboxylic acids is 3. The molecule has 1 rings (SSSR count). The number of amides is 3. The van der Waals surface area contributed by atoms with Crippen molar-refractivity contribution in [2.24, 2.45) is 11.8 Å². The Balaban J connectivity index is 3.61. The number of rotatable bonds is 13. The zero-order chi connectivity index (χ0) is 29.2. The minimum Gasteiger partial charge on any atom is -0.444 e. The van der Waals surface area contributed by atoms with Crippen LogP contribution in [0.4, 0.5) is 4.79 Å². The molecule has 0 saturated carbocycles. The van der Waals surface area contributed by atoms with E-state index in [0.717, 1.165) is 36.8 Å². The van der Waals surface area contributed by atoms with Crippen LogP contribution in [0.2, 0.25) is 0 Å². The SMILES string of the molecule is CCCC(C)NC(=O)C(c1cccc(C)c1)N(C(=O)C(NC(=O)OC(C)(C)C)C(C)C)C(C)CCC(C)C. The molecule has 1 aromatic carbocycles. The van der Waals surface area contributed by atoms with E-state index in [-0.39, 0.29) is 29.8 Å². The van der Waals surface area contributed by atoms with Crippen molar-refractivity contribution in [3.63, 3.8) is 0 Å². The fourth-order valence-electron chi connectivity index (χ4n) is 4.53. The van der Waals surface area contributed by atoms with Gasteiger partial charge in [-0.2, -0.15) is 0 Å². The zero-order valence-electron chi connectivity index (χ0n) is 25.7.